The zero-order valence-electron chi connectivity index (χ0n) is 14.8. The fourth-order valence-electron chi connectivity index (χ4n) is 2.63. The van der Waals surface area contributed by atoms with Crippen molar-refractivity contribution in [2.75, 3.05) is 0 Å². The van der Waals surface area contributed by atoms with E-state index in [1.807, 2.05) is 0 Å². The highest BCUT2D eigenvalue weighted by Gasteiger charge is 2.23. The Kier molecular flexibility index (Phi) is 6.51. The van der Waals surface area contributed by atoms with Crippen LogP contribution in [0.15, 0.2) is 82.3 Å². The molecular formula is C20H19ClN2O4S. The molecule has 1 atom stereocenters. The molecule has 0 fully saturated rings. The Labute approximate surface area is 168 Å². The average Bonchev–Trinajstić information content (AvgIpc) is 3.21. The normalized spacial score (nSPS) is 12.5. The third kappa shape index (κ3) is 5.45. The predicted octanol–water partition coefficient (Wildman–Crippen LogP) is 3.66. The van der Waals surface area contributed by atoms with Crippen LogP contribution in [0.25, 0.3) is 0 Å². The number of hydrogen-bond acceptors (Lipinski definition) is 4. The average molecular weight is 419 g/mol. The van der Waals surface area contributed by atoms with Crippen molar-refractivity contribution in [3.05, 3.63) is 89.3 Å². The summed E-state index contributed by atoms with van der Waals surface area (Å²) in [4.78, 5) is 12.5. The van der Waals surface area contributed by atoms with E-state index in [0.29, 0.717) is 16.3 Å². The molecule has 0 unspecified atom stereocenters. The number of sulfonamides is 1. The zero-order valence-corrected chi connectivity index (χ0v) is 16.4. The number of furan rings is 1. The molecule has 0 spiro atoms. The summed E-state index contributed by atoms with van der Waals surface area (Å²) >= 11 is 5.93. The highest BCUT2D eigenvalue weighted by molar-refractivity contribution is 7.89. The lowest BCUT2D eigenvalue weighted by atomic mass is 10.0. The van der Waals surface area contributed by atoms with Crippen molar-refractivity contribution < 1.29 is 17.6 Å². The maximum Gasteiger partial charge on any atom is 0.241 e. The number of nitrogens with one attached hydrogen (secondary N) is 2. The highest BCUT2D eigenvalue weighted by Crippen LogP contribution is 2.22. The van der Waals surface area contributed by atoms with Crippen LogP contribution in [0.4, 0.5) is 0 Å². The Balaban J connectivity index is 1.77. The fourth-order valence-corrected chi connectivity index (χ4v) is 4.01. The lowest BCUT2D eigenvalue weighted by Gasteiger charge is -2.19. The zero-order chi connectivity index (χ0) is 20.0. The summed E-state index contributed by atoms with van der Waals surface area (Å²) in [6, 6.07) is 17.4. The SMILES string of the molecule is O=C(C[C@@H](NS(=O)(=O)c1ccccc1)c1ccc(Cl)cc1)NCc1ccco1. The molecule has 0 saturated carbocycles. The van der Waals surface area contributed by atoms with Gasteiger partial charge in [0.25, 0.3) is 0 Å². The van der Waals surface area contributed by atoms with Gasteiger partial charge in [0.15, 0.2) is 0 Å². The van der Waals surface area contributed by atoms with E-state index in [1.165, 1.54) is 18.4 Å². The quantitative estimate of drug-likeness (QED) is 0.584. The Morgan fingerprint density at radius 1 is 1.00 bits per heavy atom. The van der Waals surface area contributed by atoms with Gasteiger partial charge in [0, 0.05) is 11.4 Å². The number of halogens is 1. The second-order valence-electron chi connectivity index (χ2n) is 6.10. The molecule has 0 aliphatic heterocycles. The Morgan fingerprint density at radius 2 is 1.71 bits per heavy atom. The van der Waals surface area contributed by atoms with E-state index in [0.717, 1.165) is 0 Å². The molecule has 28 heavy (non-hydrogen) atoms. The van der Waals surface area contributed by atoms with Crippen LogP contribution in [0.5, 0.6) is 0 Å². The number of carbonyl (C=O) groups is 1. The standard InChI is InChI=1S/C20H19ClN2O4S/c21-16-10-8-15(9-11-16)19(13-20(24)22-14-17-5-4-12-27-17)23-28(25,26)18-6-2-1-3-7-18/h1-12,19,23H,13-14H2,(H,22,24)/t19-/m1/s1. The fraction of sp³-hybridized carbons (Fsp3) is 0.150. The first-order valence-electron chi connectivity index (χ1n) is 8.56. The van der Waals surface area contributed by atoms with Gasteiger partial charge in [0.2, 0.25) is 15.9 Å². The van der Waals surface area contributed by atoms with E-state index in [9.17, 15) is 13.2 Å². The van der Waals surface area contributed by atoms with Crippen molar-refractivity contribution in [1.29, 1.82) is 0 Å². The third-order valence-corrected chi connectivity index (χ3v) is 5.79. The van der Waals surface area contributed by atoms with Crippen LogP contribution in [0.2, 0.25) is 5.02 Å². The predicted molar refractivity (Wildman–Crippen MR) is 106 cm³/mol. The van der Waals surface area contributed by atoms with E-state index < -0.39 is 16.1 Å². The molecule has 1 heterocycles. The smallest absolute Gasteiger partial charge is 0.241 e. The Hall–Kier alpha value is -2.61. The van der Waals surface area contributed by atoms with Crippen LogP contribution < -0.4 is 10.0 Å². The van der Waals surface area contributed by atoms with E-state index in [4.69, 9.17) is 16.0 Å². The molecule has 146 valence electrons. The van der Waals surface area contributed by atoms with Crippen molar-refractivity contribution in [2.24, 2.45) is 0 Å². The van der Waals surface area contributed by atoms with Crippen LogP contribution in [0.1, 0.15) is 23.8 Å². The number of rotatable bonds is 8. The molecule has 3 aromatic rings. The lowest BCUT2D eigenvalue weighted by Crippen LogP contribution is -2.33. The molecule has 1 amide bonds. The van der Waals surface area contributed by atoms with Crippen molar-refractivity contribution in [3.63, 3.8) is 0 Å². The maximum absolute atomic E-state index is 12.7. The Morgan fingerprint density at radius 3 is 2.36 bits per heavy atom. The number of hydrogen-bond donors (Lipinski definition) is 2. The molecule has 2 N–H and O–H groups in total. The van der Waals surface area contributed by atoms with Gasteiger partial charge in [-0.3, -0.25) is 4.79 Å². The van der Waals surface area contributed by atoms with E-state index in [1.54, 1.807) is 54.6 Å². The maximum atomic E-state index is 12.7. The molecule has 0 aliphatic rings. The van der Waals surface area contributed by atoms with Gasteiger partial charge in [0.1, 0.15) is 5.76 Å². The van der Waals surface area contributed by atoms with E-state index >= 15 is 0 Å². The summed E-state index contributed by atoms with van der Waals surface area (Å²) in [6.07, 6.45) is 1.44. The molecule has 6 nitrogen and oxygen atoms in total. The molecular weight excluding hydrogens is 400 g/mol. The van der Waals surface area contributed by atoms with Gasteiger partial charge in [-0.15, -0.1) is 0 Å². The molecule has 0 bridgehead atoms. The van der Waals surface area contributed by atoms with Crippen molar-refractivity contribution in [3.8, 4) is 0 Å². The Bertz CT molecular complexity index is 1000. The summed E-state index contributed by atoms with van der Waals surface area (Å²) in [5.41, 5.74) is 0.636. The number of carbonyl (C=O) groups excluding carboxylic acids is 1. The van der Waals surface area contributed by atoms with Crippen molar-refractivity contribution in [2.45, 2.75) is 23.9 Å². The first kappa shape index (κ1) is 20.1. The minimum Gasteiger partial charge on any atom is -0.467 e. The van der Waals surface area contributed by atoms with Crippen molar-refractivity contribution in [1.82, 2.24) is 10.0 Å². The second-order valence-corrected chi connectivity index (χ2v) is 8.25. The highest BCUT2D eigenvalue weighted by atomic mass is 35.5. The largest absolute Gasteiger partial charge is 0.467 e. The van der Waals surface area contributed by atoms with E-state index in [2.05, 4.69) is 10.0 Å². The second kappa shape index (κ2) is 9.05. The summed E-state index contributed by atoms with van der Waals surface area (Å²) in [5.74, 6) is 0.299. The van der Waals surface area contributed by atoms with Crippen LogP contribution in [-0.4, -0.2) is 14.3 Å². The molecule has 0 aliphatic carbocycles. The third-order valence-electron chi connectivity index (χ3n) is 4.05. The van der Waals surface area contributed by atoms with Gasteiger partial charge >= 0.3 is 0 Å². The molecule has 1 aromatic heterocycles. The van der Waals surface area contributed by atoms with Crippen LogP contribution in [0, 0.1) is 0 Å². The first-order chi connectivity index (χ1) is 13.4. The van der Waals surface area contributed by atoms with Gasteiger partial charge in [-0.05, 0) is 42.0 Å². The van der Waals surface area contributed by atoms with E-state index in [-0.39, 0.29) is 23.8 Å². The summed E-state index contributed by atoms with van der Waals surface area (Å²) in [5, 5.41) is 3.25. The summed E-state index contributed by atoms with van der Waals surface area (Å²) in [6.45, 7) is 0.227. The first-order valence-corrected chi connectivity index (χ1v) is 10.4. The molecule has 2 aromatic carbocycles. The molecule has 0 radical (unpaired) electrons. The molecule has 8 heteroatoms. The molecule has 0 saturated heterocycles. The summed E-state index contributed by atoms with van der Waals surface area (Å²) in [7, 11) is -3.80. The van der Waals surface area contributed by atoms with Gasteiger partial charge in [0.05, 0.1) is 23.7 Å². The number of amides is 1. The van der Waals surface area contributed by atoms with Crippen LogP contribution in [-0.2, 0) is 21.4 Å². The van der Waals surface area contributed by atoms with Gasteiger partial charge in [-0.2, -0.15) is 0 Å². The van der Waals surface area contributed by atoms with Crippen LogP contribution in [0.3, 0.4) is 0 Å². The van der Waals surface area contributed by atoms with Gasteiger partial charge in [-0.1, -0.05) is 41.9 Å². The van der Waals surface area contributed by atoms with Crippen molar-refractivity contribution >= 4 is 27.5 Å². The van der Waals surface area contributed by atoms with Crippen LogP contribution >= 0.6 is 11.6 Å². The van der Waals surface area contributed by atoms with Gasteiger partial charge < -0.3 is 9.73 Å². The minimum atomic E-state index is -3.80. The van der Waals surface area contributed by atoms with Gasteiger partial charge in [-0.25, -0.2) is 13.1 Å². The lowest BCUT2D eigenvalue weighted by molar-refractivity contribution is -0.121. The monoisotopic (exact) mass is 418 g/mol. The number of benzene rings is 2. The topological polar surface area (TPSA) is 88.4 Å². The molecule has 3 rings (SSSR count). The minimum absolute atomic E-state index is 0.0750. The summed E-state index contributed by atoms with van der Waals surface area (Å²) < 4.78 is 33.2.